The SMILES string of the molecule is COc1ccccc1OCc1nc(C#N)cs1. The van der Waals surface area contributed by atoms with Gasteiger partial charge in [0.2, 0.25) is 0 Å². The van der Waals surface area contributed by atoms with Gasteiger partial charge in [-0.2, -0.15) is 5.26 Å². The maximum absolute atomic E-state index is 8.65. The zero-order valence-corrected chi connectivity index (χ0v) is 10.0. The summed E-state index contributed by atoms with van der Waals surface area (Å²) in [5.74, 6) is 1.35. The third-order valence-electron chi connectivity index (χ3n) is 2.09. The molecule has 0 radical (unpaired) electrons. The van der Waals surface area contributed by atoms with Crippen molar-refractivity contribution in [1.82, 2.24) is 4.98 Å². The van der Waals surface area contributed by atoms with Gasteiger partial charge in [-0.15, -0.1) is 11.3 Å². The van der Waals surface area contributed by atoms with Crippen molar-refractivity contribution in [3.63, 3.8) is 0 Å². The van der Waals surface area contributed by atoms with Crippen LogP contribution in [0.15, 0.2) is 29.6 Å². The summed E-state index contributed by atoms with van der Waals surface area (Å²) in [7, 11) is 1.60. The Labute approximate surface area is 103 Å². The fourth-order valence-corrected chi connectivity index (χ4v) is 1.94. The number of thiazole rings is 1. The first-order valence-corrected chi connectivity index (χ1v) is 5.82. The highest BCUT2D eigenvalue weighted by Crippen LogP contribution is 2.26. The molecular weight excluding hydrogens is 236 g/mol. The van der Waals surface area contributed by atoms with E-state index in [-0.39, 0.29) is 0 Å². The van der Waals surface area contributed by atoms with Crippen LogP contribution in [-0.2, 0) is 6.61 Å². The summed E-state index contributed by atoms with van der Waals surface area (Å²) in [5.41, 5.74) is 0.425. The Morgan fingerprint density at radius 3 is 2.76 bits per heavy atom. The highest BCUT2D eigenvalue weighted by atomic mass is 32.1. The quantitative estimate of drug-likeness (QED) is 0.832. The molecule has 0 aliphatic carbocycles. The van der Waals surface area contributed by atoms with Gasteiger partial charge >= 0.3 is 0 Å². The predicted octanol–water partition coefficient (Wildman–Crippen LogP) is 2.60. The van der Waals surface area contributed by atoms with Gasteiger partial charge in [0, 0.05) is 5.38 Å². The fourth-order valence-electron chi connectivity index (χ4n) is 1.31. The van der Waals surface area contributed by atoms with Gasteiger partial charge in [0.05, 0.1) is 7.11 Å². The van der Waals surface area contributed by atoms with E-state index >= 15 is 0 Å². The fraction of sp³-hybridized carbons (Fsp3) is 0.167. The molecule has 2 rings (SSSR count). The molecule has 0 spiro atoms. The van der Waals surface area contributed by atoms with Crippen LogP contribution in [0.1, 0.15) is 10.7 Å². The highest BCUT2D eigenvalue weighted by molar-refractivity contribution is 7.09. The largest absolute Gasteiger partial charge is 0.493 e. The molecule has 0 amide bonds. The molecule has 0 fully saturated rings. The van der Waals surface area contributed by atoms with Crippen LogP contribution in [0.25, 0.3) is 0 Å². The van der Waals surface area contributed by atoms with Crippen molar-refractivity contribution in [2.24, 2.45) is 0 Å². The van der Waals surface area contributed by atoms with E-state index in [9.17, 15) is 0 Å². The zero-order chi connectivity index (χ0) is 12.1. The lowest BCUT2D eigenvalue weighted by atomic mass is 10.3. The minimum absolute atomic E-state index is 0.340. The molecule has 0 aliphatic heterocycles. The Kier molecular flexibility index (Phi) is 3.58. The molecule has 1 aromatic carbocycles. The molecule has 0 unspecified atom stereocenters. The molecule has 0 saturated heterocycles. The van der Waals surface area contributed by atoms with Crippen molar-refractivity contribution in [3.05, 3.63) is 40.3 Å². The van der Waals surface area contributed by atoms with E-state index in [0.29, 0.717) is 23.8 Å². The van der Waals surface area contributed by atoms with Crippen LogP contribution in [-0.4, -0.2) is 12.1 Å². The second-order valence-electron chi connectivity index (χ2n) is 3.18. The van der Waals surface area contributed by atoms with Crippen molar-refractivity contribution >= 4 is 11.3 Å². The van der Waals surface area contributed by atoms with Gasteiger partial charge in [0.15, 0.2) is 17.2 Å². The maximum Gasteiger partial charge on any atom is 0.161 e. The summed E-state index contributed by atoms with van der Waals surface area (Å²) in [6, 6.07) is 9.40. The van der Waals surface area contributed by atoms with E-state index in [1.54, 1.807) is 12.5 Å². The average Bonchev–Trinajstić information content (AvgIpc) is 2.84. The Morgan fingerprint density at radius 1 is 1.35 bits per heavy atom. The lowest BCUT2D eigenvalue weighted by Gasteiger charge is -2.08. The number of nitrogens with zero attached hydrogens (tertiary/aromatic N) is 2. The molecule has 17 heavy (non-hydrogen) atoms. The number of methoxy groups -OCH3 is 1. The van der Waals surface area contributed by atoms with Crippen LogP contribution < -0.4 is 9.47 Å². The Hall–Kier alpha value is -2.06. The number of para-hydroxylation sites is 2. The monoisotopic (exact) mass is 246 g/mol. The van der Waals surface area contributed by atoms with Gasteiger partial charge in [0.25, 0.3) is 0 Å². The van der Waals surface area contributed by atoms with E-state index < -0.39 is 0 Å². The second-order valence-corrected chi connectivity index (χ2v) is 4.12. The third-order valence-corrected chi connectivity index (χ3v) is 2.91. The minimum atomic E-state index is 0.340. The van der Waals surface area contributed by atoms with Crippen molar-refractivity contribution in [2.45, 2.75) is 6.61 Å². The van der Waals surface area contributed by atoms with Gasteiger partial charge in [0.1, 0.15) is 17.7 Å². The summed E-state index contributed by atoms with van der Waals surface area (Å²) in [4.78, 5) is 4.09. The number of ether oxygens (including phenoxy) is 2. The van der Waals surface area contributed by atoms with Crippen molar-refractivity contribution in [2.75, 3.05) is 7.11 Å². The molecule has 0 saturated carbocycles. The third kappa shape index (κ3) is 2.74. The van der Waals surface area contributed by atoms with Crippen molar-refractivity contribution in [1.29, 1.82) is 5.26 Å². The summed E-state index contributed by atoms with van der Waals surface area (Å²) in [6.07, 6.45) is 0. The molecule has 86 valence electrons. The Morgan fingerprint density at radius 2 is 2.12 bits per heavy atom. The van der Waals surface area contributed by atoms with E-state index in [2.05, 4.69) is 4.98 Å². The Balaban J connectivity index is 2.05. The maximum atomic E-state index is 8.65. The van der Waals surface area contributed by atoms with Gasteiger partial charge in [-0.05, 0) is 12.1 Å². The summed E-state index contributed by atoms with van der Waals surface area (Å²) in [5, 5.41) is 11.1. The number of hydrogen-bond acceptors (Lipinski definition) is 5. The molecular formula is C12H10N2O2S. The van der Waals surface area contributed by atoms with Crippen LogP contribution in [0.2, 0.25) is 0 Å². The molecule has 4 nitrogen and oxygen atoms in total. The van der Waals surface area contributed by atoms with Gasteiger partial charge in [-0.25, -0.2) is 4.98 Å². The van der Waals surface area contributed by atoms with Crippen molar-refractivity contribution < 1.29 is 9.47 Å². The first kappa shape index (κ1) is 11.4. The highest BCUT2D eigenvalue weighted by Gasteiger charge is 2.05. The normalized spacial score (nSPS) is 9.65. The van der Waals surface area contributed by atoms with E-state index in [1.165, 1.54) is 11.3 Å². The molecule has 0 bridgehead atoms. The minimum Gasteiger partial charge on any atom is -0.493 e. The number of hydrogen-bond donors (Lipinski definition) is 0. The number of rotatable bonds is 4. The first-order chi connectivity index (χ1) is 8.33. The Bertz CT molecular complexity index is 545. The second kappa shape index (κ2) is 5.32. The van der Waals surface area contributed by atoms with Crippen LogP contribution >= 0.6 is 11.3 Å². The lowest BCUT2D eigenvalue weighted by molar-refractivity contribution is 0.284. The van der Waals surface area contributed by atoms with Crippen LogP contribution in [0, 0.1) is 11.3 Å². The standard InChI is InChI=1S/C12H10N2O2S/c1-15-10-4-2-3-5-11(10)16-7-12-14-9(6-13)8-17-12/h2-5,8H,7H2,1H3. The molecule has 0 aliphatic rings. The van der Waals surface area contributed by atoms with E-state index in [0.717, 1.165) is 5.01 Å². The van der Waals surface area contributed by atoms with Gasteiger partial charge < -0.3 is 9.47 Å². The van der Waals surface area contributed by atoms with Gasteiger partial charge in [-0.1, -0.05) is 12.1 Å². The van der Waals surface area contributed by atoms with Crippen molar-refractivity contribution in [3.8, 4) is 17.6 Å². The molecule has 1 heterocycles. The van der Waals surface area contributed by atoms with E-state index in [1.807, 2.05) is 30.3 Å². The number of aromatic nitrogens is 1. The smallest absolute Gasteiger partial charge is 0.161 e. The average molecular weight is 246 g/mol. The van der Waals surface area contributed by atoms with Crippen LogP contribution in [0.3, 0.4) is 0 Å². The summed E-state index contributed by atoms with van der Waals surface area (Å²) in [6.45, 7) is 0.340. The van der Waals surface area contributed by atoms with Crippen LogP contribution in [0.4, 0.5) is 0 Å². The predicted molar refractivity (Wildman–Crippen MR) is 64.2 cm³/mol. The number of benzene rings is 1. The molecule has 0 N–H and O–H groups in total. The molecule has 2 aromatic rings. The summed E-state index contributed by atoms with van der Waals surface area (Å²) < 4.78 is 10.8. The van der Waals surface area contributed by atoms with E-state index in [4.69, 9.17) is 14.7 Å². The molecule has 1 aromatic heterocycles. The summed E-state index contributed by atoms with van der Waals surface area (Å²) >= 11 is 1.41. The molecule has 5 heteroatoms. The lowest BCUT2D eigenvalue weighted by Crippen LogP contribution is -1.97. The first-order valence-electron chi connectivity index (χ1n) is 4.94. The molecule has 0 atom stereocenters. The zero-order valence-electron chi connectivity index (χ0n) is 9.21. The van der Waals surface area contributed by atoms with Crippen LogP contribution in [0.5, 0.6) is 11.5 Å². The number of nitriles is 1. The topological polar surface area (TPSA) is 55.1 Å². The van der Waals surface area contributed by atoms with Gasteiger partial charge in [-0.3, -0.25) is 0 Å².